The molecule has 1 fully saturated rings. The number of ether oxygens (including phenoxy) is 2. The van der Waals surface area contributed by atoms with Crippen LogP contribution in [0.2, 0.25) is 0 Å². The minimum atomic E-state index is -0.837. The van der Waals surface area contributed by atoms with E-state index in [0.29, 0.717) is 13.0 Å². The van der Waals surface area contributed by atoms with Gasteiger partial charge in [0.15, 0.2) is 0 Å². The Balaban J connectivity index is 2.59. The number of carbonyl (C=O) groups is 3. The summed E-state index contributed by atoms with van der Waals surface area (Å²) in [6.07, 6.45) is 1.55. The van der Waals surface area contributed by atoms with Crippen molar-refractivity contribution in [3.05, 3.63) is 0 Å². The molecule has 25 heavy (non-hydrogen) atoms. The van der Waals surface area contributed by atoms with Crippen LogP contribution in [-0.2, 0) is 23.9 Å². The van der Waals surface area contributed by atoms with E-state index < -0.39 is 29.3 Å². The Morgan fingerprint density at radius 3 is 2.16 bits per heavy atom. The lowest BCUT2D eigenvalue weighted by Gasteiger charge is -2.29. The number of carbonyl (C=O) groups excluding carboxylic acids is 3. The molecule has 1 saturated heterocycles. The van der Waals surface area contributed by atoms with Gasteiger partial charge >= 0.3 is 11.9 Å². The van der Waals surface area contributed by atoms with Gasteiger partial charge in [0.2, 0.25) is 5.91 Å². The third-order valence-corrected chi connectivity index (χ3v) is 3.61. The molecule has 0 radical (unpaired) electrons. The molecule has 7 nitrogen and oxygen atoms in total. The molecule has 1 rings (SSSR count). The summed E-state index contributed by atoms with van der Waals surface area (Å²) in [5, 5.41) is 0. The Morgan fingerprint density at radius 1 is 1.08 bits per heavy atom. The van der Waals surface area contributed by atoms with E-state index in [9.17, 15) is 14.4 Å². The molecule has 0 aromatic heterocycles. The van der Waals surface area contributed by atoms with Gasteiger partial charge in [-0.05, 0) is 60.8 Å². The highest BCUT2D eigenvalue weighted by atomic mass is 16.6. The molecule has 1 aliphatic heterocycles. The Bertz CT molecular complexity index is 505. The van der Waals surface area contributed by atoms with Crippen LogP contribution in [0.25, 0.3) is 0 Å². The van der Waals surface area contributed by atoms with Gasteiger partial charge in [-0.1, -0.05) is 0 Å². The van der Waals surface area contributed by atoms with E-state index in [-0.39, 0.29) is 24.7 Å². The number of nitrogens with two attached hydrogens (primary N) is 1. The number of hydrogen-bond donors (Lipinski definition) is 1. The first-order valence-corrected chi connectivity index (χ1v) is 8.81. The van der Waals surface area contributed by atoms with Crippen LogP contribution in [0.3, 0.4) is 0 Å². The molecular formula is C18H32N2O5. The fourth-order valence-electron chi connectivity index (χ4n) is 2.65. The molecule has 0 bridgehead atoms. The van der Waals surface area contributed by atoms with Crippen LogP contribution in [0.5, 0.6) is 0 Å². The van der Waals surface area contributed by atoms with E-state index in [1.165, 1.54) is 4.90 Å². The smallest absolute Gasteiger partial charge is 0.329 e. The van der Waals surface area contributed by atoms with E-state index >= 15 is 0 Å². The third kappa shape index (κ3) is 7.42. The number of hydrogen-bond acceptors (Lipinski definition) is 6. The van der Waals surface area contributed by atoms with Crippen molar-refractivity contribution in [1.82, 2.24) is 4.90 Å². The molecule has 0 unspecified atom stereocenters. The van der Waals surface area contributed by atoms with Crippen molar-refractivity contribution < 1.29 is 23.9 Å². The maximum Gasteiger partial charge on any atom is 0.329 e. The highest BCUT2D eigenvalue weighted by Gasteiger charge is 2.38. The Hall–Kier alpha value is -1.63. The summed E-state index contributed by atoms with van der Waals surface area (Å²) in [6.45, 7) is 11.2. The topological polar surface area (TPSA) is 98.9 Å². The summed E-state index contributed by atoms with van der Waals surface area (Å²) in [4.78, 5) is 38.1. The lowest BCUT2D eigenvalue weighted by atomic mass is 10.1. The van der Waals surface area contributed by atoms with Gasteiger partial charge in [-0.15, -0.1) is 0 Å². The van der Waals surface area contributed by atoms with Gasteiger partial charge in [0, 0.05) is 13.0 Å². The van der Waals surface area contributed by atoms with Gasteiger partial charge < -0.3 is 20.1 Å². The van der Waals surface area contributed by atoms with Gasteiger partial charge in [0.05, 0.1) is 6.04 Å². The molecule has 1 heterocycles. The van der Waals surface area contributed by atoms with Crippen LogP contribution in [0, 0.1) is 0 Å². The SMILES string of the molecule is CC(C)(C)OC(=O)CC[C@H](N)C(=O)N1CCC[C@H]1C(=O)OC(C)(C)C. The Kier molecular flexibility index (Phi) is 6.99. The molecule has 0 saturated carbocycles. The van der Waals surface area contributed by atoms with E-state index in [0.717, 1.165) is 6.42 Å². The van der Waals surface area contributed by atoms with Crippen molar-refractivity contribution in [2.24, 2.45) is 5.73 Å². The molecular weight excluding hydrogens is 324 g/mol. The van der Waals surface area contributed by atoms with Crippen molar-refractivity contribution in [2.45, 2.75) is 90.5 Å². The van der Waals surface area contributed by atoms with E-state index in [1.54, 1.807) is 41.5 Å². The number of esters is 2. The maximum atomic E-state index is 12.6. The summed E-state index contributed by atoms with van der Waals surface area (Å²) in [5.74, 6) is -1.12. The van der Waals surface area contributed by atoms with E-state index in [1.807, 2.05) is 0 Å². The van der Waals surface area contributed by atoms with E-state index in [2.05, 4.69) is 0 Å². The number of likely N-dealkylation sites (tertiary alicyclic amines) is 1. The van der Waals surface area contributed by atoms with Crippen LogP contribution < -0.4 is 5.73 Å². The normalized spacial score (nSPS) is 19.5. The van der Waals surface area contributed by atoms with Gasteiger partial charge in [-0.3, -0.25) is 9.59 Å². The third-order valence-electron chi connectivity index (χ3n) is 3.61. The summed E-state index contributed by atoms with van der Waals surface area (Å²) in [6, 6.07) is -1.44. The van der Waals surface area contributed by atoms with Crippen LogP contribution in [-0.4, -0.2) is 52.6 Å². The second kappa shape index (κ2) is 8.17. The second-order valence-corrected chi connectivity index (χ2v) is 8.45. The average molecular weight is 356 g/mol. The molecule has 2 N–H and O–H groups in total. The lowest BCUT2D eigenvalue weighted by molar-refractivity contribution is -0.163. The van der Waals surface area contributed by atoms with Crippen LogP contribution in [0.4, 0.5) is 0 Å². The van der Waals surface area contributed by atoms with Gasteiger partial charge in [-0.25, -0.2) is 4.79 Å². The van der Waals surface area contributed by atoms with Gasteiger partial charge in [0.1, 0.15) is 17.2 Å². The molecule has 7 heteroatoms. The summed E-state index contributed by atoms with van der Waals surface area (Å²) in [7, 11) is 0. The predicted octanol–water partition coefficient (Wildman–Crippen LogP) is 1.77. The molecule has 1 amide bonds. The van der Waals surface area contributed by atoms with Crippen LogP contribution in [0.15, 0.2) is 0 Å². The van der Waals surface area contributed by atoms with E-state index in [4.69, 9.17) is 15.2 Å². The first kappa shape index (κ1) is 21.4. The largest absolute Gasteiger partial charge is 0.460 e. The summed E-state index contributed by atoms with van der Waals surface area (Å²) < 4.78 is 10.6. The zero-order valence-electron chi connectivity index (χ0n) is 16.3. The summed E-state index contributed by atoms with van der Waals surface area (Å²) >= 11 is 0. The highest BCUT2D eigenvalue weighted by Crippen LogP contribution is 2.22. The van der Waals surface area contributed by atoms with Crippen LogP contribution in [0.1, 0.15) is 67.2 Å². The summed E-state index contributed by atoms with van der Waals surface area (Å²) in [5.41, 5.74) is 4.78. The van der Waals surface area contributed by atoms with Gasteiger partial charge in [-0.2, -0.15) is 0 Å². The van der Waals surface area contributed by atoms with Crippen molar-refractivity contribution in [3.8, 4) is 0 Å². The molecule has 0 aromatic carbocycles. The standard InChI is InChI=1S/C18H32N2O5/c1-17(2,3)24-14(21)10-9-12(19)15(22)20-11-7-8-13(20)16(23)25-18(4,5)6/h12-13H,7-11,19H2,1-6H3/t12-,13-/m0/s1. The fourth-order valence-corrected chi connectivity index (χ4v) is 2.65. The minimum Gasteiger partial charge on any atom is -0.460 e. The molecule has 144 valence electrons. The predicted molar refractivity (Wildman–Crippen MR) is 93.6 cm³/mol. The zero-order chi connectivity index (χ0) is 19.4. The Morgan fingerprint density at radius 2 is 1.64 bits per heavy atom. The first-order chi connectivity index (χ1) is 11.3. The second-order valence-electron chi connectivity index (χ2n) is 8.45. The highest BCUT2D eigenvalue weighted by molar-refractivity contribution is 5.88. The van der Waals surface area contributed by atoms with Crippen molar-refractivity contribution >= 4 is 17.8 Å². The molecule has 2 atom stereocenters. The molecule has 1 aliphatic rings. The first-order valence-electron chi connectivity index (χ1n) is 8.81. The maximum absolute atomic E-state index is 12.6. The van der Waals surface area contributed by atoms with Crippen LogP contribution >= 0.6 is 0 Å². The molecule has 0 aliphatic carbocycles. The molecule has 0 aromatic rings. The quantitative estimate of drug-likeness (QED) is 0.754. The average Bonchev–Trinajstić information content (AvgIpc) is 2.89. The number of rotatable bonds is 5. The number of amides is 1. The fraction of sp³-hybridized carbons (Fsp3) is 0.833. The van der Waals surface area contributed by atoms with Crippen molar-refractivity contribution in [2.75, 3.05) is 6.54 Å². The van der Waals surface area contributed by atoms with Gasteiger partial charge in [0.25, 0.3) is 0 Å². The lowest BCUT2D eigenvalue weighted by Crippen LogP contribution is -2.49. The molecule has 0 spiro atoms. The van der Waals surface area contributed by atoms with Crippen molar-refractivity contribution in [3.63, 3.8) is 0 Å². The monoisotopic (exact) mass is 356 g/mol. The van der Waals surface area contributed by atoms with Crippen molar-refractivity contribution in [1.29, 1.82) is 0 Å². The zero-order valence-corrected chi connectivity index (χ0v) is 16.3. The minimum absolute atomic E-state index is 0.0646. The Labute approximate surface area is 150 Å². The number of nitrogens with zero attached hydrogens (tertiary/aromatic N) is 1.